The number of rotatable bonds is 6. The maximum absolute atomic E-state index is 12.1. The molecule has 7 nitrogen and oxygen atoms in total. The fourth-order valence-electron chi connectivity index (χ4n) is 2.70. The summed E-state index contributed by atoms with van der Waals surface area (Å²) in [6.07, 6.45) is 1.72. The van der Waals surface area contributed by atoms with Gasteiger partial charge in [-0.25, -0.2) is 0 Å². The van der Waals surface area contributed by atoms with E-state index in [0.717, 1.165) is 22.0 Å². The SMILES string of the molecule is COc1cc(-c2cccc3[nH]ncc23)cc(C(=O)S)c1OCC(=O)N(C)C. The lowest BCUT2D eigenvalue weighted by Gasteiger charge is -2.17. The number of ether oxygens (including phenoxy) is 2. The van der Waals surface area contributed by atoms with Crippen molar-refractivity contribution in [1.82, 2.24) is 15.1 Å². The van der Waals surface area contributed by atoms with Gasteiger partial charge in [0, 0.05) is 19.5 Å². The normalized spacial score (nSPS) is 10.7. The minimum Gasteiger partial charge on any atom is -0.493 e. The number of thiol groups is 1. The van der Waals surface area contributed by atoms with Gasteiger partial charge in [0.05, 0.1) is 24.4 Å². The van der Waals surface area contributed by atoms with E-state index in [1.54, 1.807) is 32.4 Å². The number of amides is 1. The van der Waals surface area contributed by atoms with E-state index in [-0.39, 0.29) is 23.8 Å². The number of nitrogens with zero attached hydrogens (tertiary/aromatic N) is 2. The third-order valence-corrected chi connectivity index (χ3v) is 4.38. The predicted octanol–water partition coefficient (Wildman–Crippen LogP) is 2.78. The standard InChI is InChI=1S/C19H19N3O4S/c1-22(2)17(23)10-26-18-13(19(24)27)7-11(8-16(18)25-3)12-5-4-6-15-14(12)9-20-21-15/h4-9H,10H2,1-3H3,(H,20,21)(H,24,27). The van der Waals surface area contributed by atoms with Gasteiger partial charge in [-0.1, -0.05) is 12.1 Å². The highest BCUT2D eigenvalue weighted by Crippen LogP contribution is 2.39. The Morgan fingerprint density at radius 2 is 2.04 bits per heavy atom. The van der Waals surface area contributed by atoms with E-state index in [0.29, 0.717) is 5.75 Å². The third-order valence-electron chi connectivity index (χ3n) is 4.14. The van der Waals surface area contributed by atoms with Crippen LogP contribution in [0.1, 0.15) is 10.4 Å². The number of nitrogens with one attached hydrogen (secondary N) is 1. The lowest BCUT2D eigenvalue weighted by Crippen LogP contribution is -2.27. The van der Waals surface area contributed by atoms with Crippen molar-refractivity contribution in [2.45, 2.75) is 0 Å². The van der Waals surface area contributed by atoms with Crippen LogP contribution in [0.2, 0.25) is 0 Å². The van der Waals surface area contributed by atoms with Gasteiger partial charge in [0.25, 0.3) is 5.91 Å². The van der Waals surface area contributed by atoms with Gasteiger partial charge in [0.1, 0.15) is 0 Å². The maximum atomic E-state index is 12.1. The summed E-state index contributed by atoms with van der Waals surface area (Å²) in [7, 11) is 4.73. The topological polar surface area (TPSA) is 84.5 Å². The van der Waals surface area contributed by atoms with Crippen LogP contribution in [-0.4, -0.2) is 53.9 Å². The molecule has 1 amide bonds. The van der Waals surface area contributed by atoms with Crippen LogP contribution in [0.4, 0.5) is 0 Å². The van der Waals surface area contributed by atoms with Crippen molar-refractivity contribution in [2.24, 2.45) is 0 Å². The molecule has 140 valence electrons. The summed E-state index contributed by atoms with van der Waals surface area (Å²) >= 11 is 3.96. The highest BCUT2D eigenvalue weighted by molar-refractivity contribution is 7.97. The highest BCUT2D eigenvalue weighted by atomic mass is 32.1. The first kappa shape index (κ1) is 18.8. The number of hydrogen-bond donors (Lipinski definition) is 2. The molecule has 0 radical (unpaired) electrons. The summed E-state index contributed by atoms with van der Waals surface area (Å²) in [6.45, 7) is -0.214. The van der Waals surface area contributed by atoms with Gasteiger partial charge in [-0.05, 0) is 29.3 Å². The summed E-state index contributed by atoms with van der Waals surface area (Å²) in [5.41, 5.74) is 2.73. The molecule has 8 heteroatoms. The Balaban J connectivity index is 2.10. The molecule has 0 saturated heterocycles. The lowest BCUT2D eigenvalue weighted by atomic mass is 9.99. The molecule has 0 bridgehead atoms. The third kappa shape index (κ3) is 3.75. The van der Waals surface area contributed by atoms with Crippen LogP contribution in [0, 0.1) is 0 Å². The molecule has 0 unspecified atom stereocenters. The average molecular weight is 385 g/mol. The Morgan fingerprint density at radius 1 is 1.26 bits per heavy atom. The van der Waals surface area contributed by atoms with Crippen molar-refractivity contribution >= 4 is 34.6 Å². The van der Waals surface area contributed by atoms with E-state index in [9.17, 15) is 9.59 Å². The van der Waals surface area contributed by atoms with E-state index in [2.05, 4.69) is 22.8 Å². The second kappa shape index (κ2) is 7.71. The molecule has 3 aromatic rings. The molecule has 1 aromatic heterocycles. The molecular weight excluding hydrogens is 366 g/mol. The second-order valence-corrected chi connectivity index (χ2v) is 6.48. The molecule has 0 aliphatic carbocycles. The van der Waals surface area contributed by atoms with Gasteiger partial charge in [0.2, 0.25) is 5.12 Å². The summed E-state index contributed by atoms with van der Waals surface area (Å²) in [5.74, 6) is 0.301. The number of hydrogen-bond acceptors (Lipinski definition) is 5. The van der Waals surface area contributed by atoms with Crippen molar-refractivity contribution in [1.29, 1.82) is 0 Å². The van der Waals surface area contributed by atoms with E-state index in [4.69, 9.17) is 9.47 Å². The molecule has 3 rings (SSSR count). The van der Waals surface area contributed by atoms with Crippen LogP contribution in [0.3, 0.4) is 0 Å². The van der Waals surface area contributed by atoms with Gasteiger partial charge >= 0.3 is 0 Å². The largest absolute Gasteiger partial charge is 0.493 e. The number of benzene rings is 2. The quantitative estimate of drug-likeness (QED) is 0.638. The van der Waals surface area contributed by atoms with Crippen LogP contribution in [0.5, 0.6) is 11.5 Å². The molecule has 0 fully saturated rings. The molecule has 0 saturated carbocycles. The zero-order valence-corrected chi connectivity index (χ0v) is 16.0. The fourth-order valence-corrected chi connectivity index (χ4v) is 2.87. The van der Waals surface area contributed by atoms with Crippen molar-refractivity contribution in [3.63, 3.8) is 0 Å². The maximum Gasteiger partial charge on any atom is 0.259 e. The van der Waals surface area contributed by atoms with Gasteiger partial charge in [-0.2, -0.15) is 5.10 Å². The van der Waals surface area contributed by atoms with Crippen LogP contribution < -0.4 is 9.47 Å². The number of fused-ring (bicyclic) bond motifs is 1. The van der Waals surface area contributed by atoms with Crippen molar-refractivity contribution in [3.8, 4) is 22.6 Å². The van der Waals surface area contributed by atoms with E-state index >= 15 is 0 Å². The highest BCUT2D eigenvalue weighted by Gasteiger charge is 2.20. The molecular formula is C19H19N3O4S. The van der Waals surface area contributed by atoms with Gasteiger partial charge in [-0.15, -0.1) is 12.6 Å². The van der Waals surface area contributed by atoms with E-state index in [1.165, 1.54) is 12.0 Å². The molecule has 0 spiro atoms. The number of aromatic amines is 1. The van der Waals surface area contributed by atoms with Crippen LogP contribution >= 0.6 is 12.6 Å². The zero-order chi connectivity index (χ0) is 19.6. The molecule has 0 atom stereocenters. The Kier molecular flexibility index (Phi) is 5.36. The van der Waals surface area contributed by atoms with Crippen molar-refractivity contribution < 1.29 is 19.1 Å². The first-order valence-electron chi connectivity index (χ1n) is 8.13. The van der Waals surface area contributed by atoms with Crippen LogP contribution in [0.25, 0.3) is 22.0 Å². The summed E-state index contributed by atoms with van der Waals surface area (Å²) in [6, 6.07) is 9.17. The monoisotopic (exact) mass is 385 g/mol. The van der Waals surface area contributed by atoms with Gasteiger partial charge < -0.3 is 14.4 Å². The minimum atomic E-state index is -0.484. The van der Waals surface area contributed by atoms with Crippen molar-refractivity contribution in [3.05, 3.63) is 42.1 Å². The number of carbonyl (C=O) groups excluding carboxylic acids is 2. The molecule has 2 aromatic carbocycles. The molecule has 0 aliphatic rings. The number of H-pyrrole nitrogens is 1. The summed E-state index contributed by atoms with van der Waals surface area (Å²) in [4.78, 5) is 25.4. The summed E-state index contributed by atoms with van der Waals surface area (Å²) < 4.78 is 11.0. The second-order valence-electron chi connectivity index (χ2n) is 6.07. The number of methoxy groups -OCH3 is 1. The Bertz CT molecular complexity index is 1010. The van der Waals surface area contributed by atoms with Crippen LogP contribution in [0.15, 0.2) is 36.5 Å². The van der Waals surface area contributed by atoms with Crippen LogP contribution in [-0.2, 0) is 4.79 Å². The Hall–Kier alpha value is -3.00. The van der Waals surface area contributed by atoms with Gasteiger partial charge in [-0.3, -0.25) is 14.7 Å². The number of aromatic nitrogens is 2. The average Bonchev–Trinajstić information content (AvgIpc) is 3.13. The smallest absolute Gasteiger partial charge is 0.259 e. The number of likely N-dealkylation sites (N-methyl/N-ethyl adjacent to an activating group) is 1. The Morgan fingerprint density at radius 3 is 2.70 bits per heavy atom. The molecule has 1 heterocycles. The molecule has 0 aliphatic heterocycles. The number of carbonyl (C=O) groups is 2. The van der Waals surface area contributed by atoms with E-state index < -0.39 is 5.12 Å². The first-order valence-corrected chi connectivity index (χ1v) is 8.58. The van der Waals surface area contributed by atoms with E-state index in [1.807, 2.05) is 18.2 Å². The predicted molar refractivity (Wildman–Crippen MR) is 106 cm³/mol. The zero-order valence-electron chi connectivity index (χ0n) is 15.1. The molecule has 27 heavy (non-hydrogen) atoms. The lowest BCUT2D eigenvalue weighted by molar-refractivity contribution is -0.130. The Labute approximate surface area is 161 Å². The fraction of sp³-hybridized carbons (Fsp3) is 0.211. The first-order chi connectivity index (χ1) is 12.9. The van der Waals surface area contributed by atoms with Crippen molar-refractivity contribution in [2.75, 3.05) is 27.8 Å². The molecule has 1 N–H and O–H groups in total. The minimum absolute atomic E-state index is 0.191. The summed E-state index contributed by atoms with van der Waals surface area (Å²) in [5, 5.41) is 7.41. The van der Waals surface area contributed by atoms with Gasteiger partial charge in [0.15, 0.2) is 18.1 Å².